The van der Waals surface area contributed by atoms with Crippen LogP contribution in [0.25, 0.3) is 0 Å². The molecule has 0 saturated carbocycles. The standard InChI is InChI=1S/C23H25N7O6/c1-27-6-7-30-15-5-4-13(24-10-14-17(31)28(2)22(36)29(3)18(14)32)8-12(15)9-23(16(30)11-27)19(33)25-21(35)26-20(23)34/h4-5,8,10,16,31H,6-7,9,11H2,1-3H3,(H2,25,26,33,34,35)/t16-/m1/s1. The van der Waals surface area contributed by atoms with Crippen molar-refractivity contribution in [3.05, 3.63) is 50.2 Å². The summed E-state index contributed by atoms with van der Waals surface area (Å²) in [5.41, 5.74) is -1.07. The Balaban J connectivity index is 1.58. The van der Waals surface area contributed by atoms with E-state index in [1.54, 1.807) is 12.1 Å². The first-order valence-corrected chi connectivity index (χ1v) is 11.3. The Morgan fingerprint density at radius 2 is 1.72 bits per heavy atom. The van der Waals surface area contributed by atoms with Crippen LogP contribution in [0.5, 0.6) is 5.88 Å². The number of benzene rings is 1. The molecule has 3 N–H and O–H groups in total. The number of hydrogen-bond donors (Lipinski definition) is 3. The number of hydrogen-bond acceptors (Lipinski definition) is 9. The molecule has 4 amide bonds. The minimum Gasteiger partial charge on any atom is -0.494 e. The second-order valence-electron chi connectivity index (χ2n) is 9.37. The van der Waals surface area contributed by atoms with E-state index in [1.807, 2.05) is 22.9 Å². The van der Waals surface area contributed by atoms with Crippen LogP contribution in [-0.4, -0.2) is 75.9 Å². The maximum Gasteiger partial charge on any atom is 0.333 e. The molecular weight excluding hydrogens is 470 g/mol. The number of barbiturate groups is 1. The average Bonchev–Trinajstić information content (AvgIpc) is 2.84. The maximum atomic E-state index is 13.2. The number of aliphatic imine (C=N–C) groups is 1. The zero-order valence-corrected chi connectivity index (χ0v) is 19.9. The fraction of sp³-hybridized carbons (Fsp3) is 0.391. The lowest BCUT2D eigenvalue weighted by Gasteiger charge is -2.53. The second kappa shape index (κ2) is 8.16. The van der Waals surface area contributed by atoms with E-state index in [0.29, 0.717) is 24.3 Å². The third-order valence-electron chi connectivity index (χ3n) is 7.27. The molecule has 2 fully saturated rings. The Labute approximate surface area is 204 Å². The van der Waals surface area contributed by atoms with Gasteiger partial charge in [0.15, 0.2) is 5.41 Å². The fourth-order valence-electron chi connectivity index (χ4n) is 5.26. The number of fused-ring (bicyclic) bond motifs is 4. The largest absolute Gasteiger partial charge is 0.494 e. The molecule has 3 aliphatic heterocycles. The first-order chi connectivity index (χ1) is 17.0. The van der Waals surface area contributed by atoms with E-state index in [9.17, 15) is 29.1 Å². The number of aromatic hydroxyl groups is 1. The molecule has 1 aromatic heterocycles. The minimum atomic E-state index is -1.51. The van der Waals surface area contributed by atoms with Gasteiger partial charge in [-0.3, -0.25) is 39.1 Å². The number of likely N-dealkylation sites (N-methyl/N-ethyl adjacent to an activating group) is 1. The summed E-state index contributed by atoms with van der Waals surface area (Å²) in [7, 11) is 4.56. The first kappa shape index (κ1) is 23.5. The lowest BCUT2D eigenvalue weighted by atomic mass is 9.68. The molecule has 1 aromatic carbocycles. The Morgan fingerprint density at radius 1 is 1.03 bits per heavy atom. The maximum absolute atomic E-state index is 13.2. The number of imide groups is 2. The highest BCUT2D eigenvalue weighted by molar-refractivity contribution is 6.20. The van der Waals surface area contributed by atoms with Crippen molar-refractivity contribution < 1.29 is 19.5 Å². The smallest absolute Gasteiger partial charge is 0.333 e. The van der Waals surface area contributed by atoms with Crippen molar-refractivity contribution in [2.75, 3.05) is 31.6 Å². The summed E-state index contributed by atoms with van der Waals surface area (Å²) < 4.78 is 1.81. The predicted molar refractivity (Wildman–Crippen MR) is 129 cm³/mol. The van der Waals surface area contributed by atoms with Crippen LogP contribution in [0.4, 0.5) is 16.2 Å². The fourth-order valence-corrected chi connectivity index (χ4v) is 5.26. The minimum absolute atomic E-state index is 0.0541. The predicted octanol–water partition coefficient (Wildman–Crippen LogP) is -1.43. The van der Waals surface area contributed by atoms with Crippen LogP contribution in [-0.2, 0) is 30.1 Å². The van der Waals surface area contributed by atoms with E-state index >= 15 is 0 Å². The molecule has 13 heteroatoms. The molecule has 0 aliphatic carbocycles. The highest BCUT2D eigenvalue weighted by Gasteiger charge is 2.60. The van der Waals surface area contributed by atoms with Gasteiger partial charge in [-0.1, -0.05) is 0 Å². The summed E-state index contributed by atoms with van der Waals surface area (Å²) in [5, 5.41) is 14.8. The average molecular weight is 495 g/mol. The zero-order chi connectivity index (χ0) is 25.9. The molecule has 2 saturated heterocycles. The van der Waals surface area contributed by atoms with Crippen molar-refractivity contribution in [1.29, 1.82) is 0 Å². The molecule has 3 aliphatic rings. The Morgan fingerprint density at radius 3 is 2.42 bits per heavy atom. The van der Waals surface area contributed by atoms with Crippen LogP contribution < -0.4 is 26.8 Å². The van der Waals surface area contributed by atoms with Crippen LogP contribution >= 0.6 is 0 Å². The van der Waals surface area contributed by atoms with Gasteiger partial charge in [0.2, 0.25) is 17.7 Å². The van der Waals surface area contributed by atoms with Crippen LogP contribution in [0.15, 0.2) is 32.8 Å². The van der Waals surface area contributed by atoms with Crippen molar-refractivity contribution in [3.8, 4) is 5.88 Å². The van der Waals surface area contributed by atoms with Gasteiger partial charge in [-0.15, -0.1) is 0 Å². The molecule has 1 spiro atoms. The number of anilines is 1. The lowest BCUT2D eigenvalue weighted by Crippen LogP contribution is -2.74. The van der Waals surface area contributed by atoms with Gasteiger partial charge in [-0.2, -0.15) is 0 Å². The van der Waals surface area contributed by atoms with Crippen molar-refractivity contribution in [3.63, 3.8) is 0 Å². The van der Waals surface area contributed by atoms with Gasteiger partial charge in [0.25, 0.3) is 5.56 Å². The van der Waals surface area contributed by atoms with E-state index in [-0.39, 0.29) is 12.0 Å². The van der Waals surface area contributed by atoms with Gasteiger partial charge in [0, 0.05) is 45.6 Å². The number of amides is 4. The van der Waals surface area contributed by atoms with Gasteiger partial charge in [-0.25, -0.2) is 9.59 Å². The van der Waals surface area contributed by atoms with Gasteiger partial charge < -0.3 is 14.9 Å². The number of carbonyl (C=O) groups is 3. The van der Waals surface area contributed by atoms with Crippen LogP contribution in [0.1, 0.15) is 11.1 Å². The summed E-state index contributed by atoms with van der Waals surface area (Å²) in [6, 6.07) is 3.97. The van der Waals surface area contributed by atoms with E-state index in [0.717, 1.165) is 21.4 Å². The third-order valence-corrected chi connectivity index (χ3v) is 7.27. The number of rotatable bonds is 2. The monoisotopic (exact) mass is 495 g/mol. The summed E-state index contributed by atoms with van der Waals surface area (Å²) in [5.74, 6) is -1.79. The Bertz CT molecular complexity index is 1450. The summed E-state index contributed by atoms with van der Waals surface area (Å²) in [6.07, 6.45) is 1.23. The van der Waals surface area contributed by atoms with Crippen molar-refractivity contribution in [2.45, 2.75) is 12.5 Å². The lowest BCUT2D eigenvalue weighted by molar-refractivity contribution is -0.147. The van der Waals surface area contributed by atoms with Crippen molar-refractivity contribution in [2.24, 2.45) is 24.5 Å². The van der Waals surface area contributed by atoms with Gasteiger partial charge in [0.1, 0.15) is 5.56 Å². The molecule has 36 heavy (non-hydrogen) atoms. The molecule has 0 unspecified atom stereocenters. The van der Waals surface area contributed by atoms with E-state index in [2.05, 4.69) is 15.6 Å². The highest BCUT2D eigenvalue weighted by atomic mass is 16.3. The number of urea groups is 1. The summed E-state index contributed by atoms with van der Waals surface area (Å²) in [4.78, 5) is 71.0. The third kappa shape index (κ3) is 3.34. The number of nitrogens with one attached hydrogen (secondary N) is 2. The molecule has 188 valence electrons. The van der Waals surface area contributed by atoms with Gasteiger partial charge >= 0.3 is 11.7 Å². The number of piperazine rings is 1. The van der Waals surface area contributed by atoms with Gasteiger partial charge in [-0.05, 0) is 37.2 Å². The molecule has 0 radical (unpaired) electrons. The number of aromatic nitrogens is 2. The van der Waals surface area contributed by atoms with Crippen LogP contribution in [0.2, 0.25) is 0 Å². The van der Waals surface area contributed by atoms with Crippen molar-refractivity contribution >= 4 is 35.4 Å². The van der Waals surface area contributed by atoms with E-state index in [1.165, 1.54) is 20.3 Å². The Kier molecular flexibility index (Phi) is 5.32. The number of nitrogens with zero attached hydrogens (tertiary/aromatic N) is 5. The molecule has 1 atom stereocenters. The number of carbonyl (C=O) groups excluding carboxylic acids is 3. The van der Waals surface area contributed by atoms with Gasteiger partial charge in [0.05, 0.1) is 11.7 Å². The summed E-state index contributed by atoms with van der Waals surface area (Å²) >= 11 is 0. The molecule has 2 aromatic rings. The van der Waals surface area contributed by atoms with Crippen LogP contribution in [0.3, 0.4) is 0 Å². The topological polar surface area (TPSA) is 158 Å². The zero-order valence-electron chi connectivity index (χ0n) is 19.9. The molecule has 13 nitrogen and oxygen atoms in total. The normalized spacial score (nSPS) is 21.4. The van der Waals surface area contributed by atoms with E-state index < -0.39 is 46.4 Å². The van der Waals surface area contributed by atoms with Crippen molar-refractivity contribution in [1.82, 2.24) is 24.7 Å². The van der Waals surface area contributed by atoms with E-state index in [4.69, 9.17) is 0 Å². The van der Waals surface area contributed by atoms with Crippen LogP contribution in [0, 0.1) is 5.41 Å². The highest BCUT2D eigenvalue weighted by Crippen LogP contribution is 2.45. The summed E-state index contributed by atoms with van der Waals surface area (Å²) in [6.45, 7) is 1.77. The second-order valence-corrected chi connectivity index (χ2v) is 9.37. The SMILES string of the molecule is CN1CCN2c3ccc(N=Cc4c(O)n(C)c(=O)n(C)c4=O)cc3CC3(C(=O)NC(=O)NC3=O)[C@H]2C1. The quantitative estimate of drug-likeness (QED) is 0.338. The molecular formula is C23H25N7O6. The Hall–Kier alpha value is -4.26. The first-order valence-electron chi connectivity index (χ1n) is 11.3. The molecule has 0 bridgehead atoms. The molecule has 5 rings (SSSR count). The molecule has 4 heterocycles.